The number of aliphatic hydroxyl groups is 1. The number of aliphatic hydroxyl groups excluding tert-OH is 1. The Morgan fingerprint density at radius 3 is 2.36 bits per heavy atom. The monoisotopic (exact) mass is 206 g/mol. The van der Waals surface area contributed by atoms with Gasteiger partial charge in [0.2, 0.25) is 0 Å². The number of hydrogen-bond acceptors (Lipinski definition) is 5. The van der Waals surface area contributed by atoms with E-state index in [2.05, 4.69) is 4.74 Å². The van der Waals surface area contributed by atoms with Crippen LogP contribution in [0.25, 0.3) is 0 Å². The molecular weight excluding hydrogens is 188 g/mol. The average molecular weight is 206 g/mol. The lowest BCUT2D eigenvalue weighted by atomic mass is 10.2. The minimum atomic E-state index is -0.793. The van der Waals surface area contributed by atoms with Gasteiger partial charge in [-0.05, 0) is 6.92 Å². The van der Waals surface area contributed by atoms with Gasteiger partial charge in [0.05, 0.1) is 19.1 Å². The minimum Gasteiger partial charge on any atom is -0.466 e. The molecule has 14 heavy (non-hydrogen) atoms. The van der Waals surface area contributed by atoms with Gasteiger partial charge in [0.1, 0.15) is 0 Å². The molecule has 0 spiro atoms. The molecular formula is C9H18O5. The summed E-state index contributed by atoms with van der Waals surface area (Å²) >= 11 is 0. The Labute approximate surface area is 84.0 Å². The predicted octanol–water partition coefficient (Wildman–Crippen LogP) is 0.309. The zero-order valence-electron chi connectivity index (χ0n) is 8.86. The first-order chi connectivity index (χ1) is 6.63. The summed E-state index contributed by atoms with van der Waals surface area (Å²) < 4.78 is 14.4. The molecule has 0 aliphatic rings. The first-order valence-electron chi connectivity index (χ1n) is 4.53. The highest BCUT2D eigenvalue weighted by molar-refractivity contribution is 5.69. The van der Waals surface area contributed by atoms with Gasteiger partial charge in [0, 0.05) is 20.6 Å². The lowest BCUT2D eigenvalue weighted by molar-refractivity contribution is -0.149. The van der Waals surface area contributed by atoms with Crippen LogP contribution in [-0.4, -0.2) is 44.3 Å². The van der Waals surface area contributed by atoms with E-state index in [0.717, 1.165) is 0 Å². The van der Waals surface area contributed by atoms with E-state index in [0.29, 0.717) is 6.61 Å². The van der Waals surface area contributed by atoms with Gasteiger partial charge in [-0.2, -0.15) is 0 Å². The van der Waals surface area contributed by atoms with E-state index >= 15 is 0 Å². The summed E-state index contributed by atoms with van der Waals surface area (Å²) in [5, 5.41) is 9.42. The van der Waals surface area contributed by atoms with Crippen molar-refractivity contribution in [2.24, 2.45) is 0 Å². The lowest BCUT2D eigenvalue weighted by Gasteiger charge is -2.16. The van der Waals surface area contributed by atoms with Crippen molar-refractivity contribution in [1.29, 1.82) is 0 Å². The number of esters is 1. The van der Waals surface area contributed by atoms with Crippen molar-refractivity contribution in [3.63, 3.8) is 0 Å². The zero-order chi connectivity index (χ0) is 11.0. The largest absolute Gasteiger partial charge is 0.466 e. The van der Waals surface area contributed by atoms with E-state index < -0.39 is 18.4 Å². The van der Waals surface area contributed by atoms with Crippen molar-refractivity contribution < 1.29 is 24.1 Å². The number of carbonyl (C=O) groups is 1. The Kier molecular flexibility index (Phi) is 7.37. The molecule has 1 atom stereocenters. The van der Waals surface area contributed by atoms with Crippen molar-refractivity contribution in [3.8, 4) is 0 Å². The molecule has 0 aliphatic carbocycles. The summed E-state index contributed by atoms with van der Waals surface area (Å²) in [6.07, 6.45) is -1.05. The van der Waals surface area contributed by atoms with Crippen LogP contribution in [0.1, 0.15) is 19.8 Å². The summed E-state index contributed by atoms with van der Waals surface area (Å²) in [5.41, 5.74) is 0. The van der Waals surface area contributed by atoms with Crippen LogP contribution in [0.15, 0.2) is 0 Å². The smallest absolute Gasteiger partial charge is 0.308 e. The van der Waals surface area contributed by atoms with E-state index in [1.54, 1.807) is 6.92 Å². The molecule has 5 heteroatoms. The van der Waals surface area contributed by atoms with Crippen LogP contribution < -0.4 is 0 Å². The van der Waals surface area contributed by atoms with E-state index in [1.165, 1.54) is 14.2 Å². The Balaban J connectivity index is 3.72. The van der Waals surface area contributed by atoms with Gasteiger partial charge < -0.3 is 19.3 Å². The van der Waals surface area contributed by atoms with Crippen molar-refractivity contribution in [1.82, 2.24) is 0 Å². The highest BCUT2D eigenvalue weighted by atomic mass is 16.7. The molecule has 0 bridgehead atoms. The van der Waals surface area contributed by atoms with Gasteiger partial charge in [-0.1, -0.05) is 0 Å². The third-order valence-corrected chi connectivity index (χ3v) is 1.70. The van der Waals surface area contributed by atoms with Crippen molar-refractivity contribution in [2.45, 2.75) is 32.2 Å². The number of methoxy groups -OCH3 is 2. The molecule has 0 fully saturated rings. The van der Waals surface area contributed by atoms with Crippen LogP contribution in [0, 0.1) is 0 Å². The first-order valence-corrected chi connectivity index (χ1v) is 4.53. The Morgan fingerprint density at radius 2 is 1.93 bits per heavy atom. The van der Waals surface area contributed by atoms with Crippen LogP contribution in [0.3, 0.4) is 0 Å². The maximum absolute atomic E-state index is 10.9. The topological polar surface area (TPSA) is 65.0 Å². The van der Waals surface area contributed by atoms with Gasteiger partial charge in [-0.15, -0.1) is 0 Å². The highest BCUT2D eigenvalue weighted by Gasteiger charge is 2.16. The molecule has 0 unspecified atom stereocenters. The number of hydrogen-bond donors (Lipinski definition) is 1. The summed E-state index contributed by atoms with van der Waals surface area (Å²) in [6, 6.07) is 0. The quantitative estimate of drug-likeness (QED) is 0.479. The van der Waals surface area contributed by atoms with Crippen LogP contribution in [0.5, 0.6) is 0 Å². The molecule has 84 valence electrons. The van der Waals surface area contributed by atoms with Gasteiger partial charge in [0.15, 0.2) is 6.29 Å². The fourth-order valence-electron chi connectivity index (χ4n) is 1.01. The van der Waals surface area contributed by atoms with E-state index in [9.17, 15) is 9.90 Å². The second-order valence-corrected chi connectivity index (χ2v) is 2.80. The third kappa shape index (κ3) is 5.90. The molecule has 0 aliphatic heterocycles. The van der Waals surface area contributed by atoms with E-state index in [-0.39, 0.29) is 12.8 Å². The Morgan fingerprint density at radius 1 is 1.36 bits per heavy atom. The zero-order valence-corrected chi connectivity index (χ0v) is 8.86. The highest BCUT2D eigenvalue weighted by Crippen LogP contribution is 2.06. The number of carbonyl (C=O) groups excluding carboxylic acids is 1. The van der Waals surface area contributed by atoms with Crippen LogP contribution >= 0.6 is 0 Å². The number of rotatable bonds is 7. The van der Waals surface area contributed by atoms with Gasteiger partial charge >= 0.3 is 5.97 Å². The molecule has 0 amide bonds. The second-order valence-electron chi connectivity index (χ2n) is 2.80. The summed E-state index contributed by atoms with van der Waals surface area (Å²) in [7, 11) is 2.95. The van der Waals surface area contributed by atoms with E-state index in [1.807, 2.05) is 0 Å². The molecule has 0 aromatic carbocycles. The average Bonchev–Trinajstić information content (AvgIpc) is 2.14. The third-order valence-electron chi connectivity index (χ3n) is 1.70. The normalized spacial score (nSPS) is 12.9. The summed E-state index contributed by atoms with van der Waals surface area (Å²) in [6.45, 7) is 2.04. The second kappa shape index (κ2) is 7.73. The van der Waals surface area contributed by atoms with Gasteiger partial charge in [-0.25, -0.2) is 0 Å². The van der Waals surface area contributed by atoms with E-state index in [4.69, 9.17) is 9.47 Å². The van der Waals surface area contributed by atoms with Crippen molar-refractivity contribution in [2.75, 3.05) is 20.8 Å². The maximum Gasteiger partial charge on any atom is 0.308 e. The summed E-state index contributed by atoms with van der Waals surface area (Å²) in [4.78, 5) is 10.9. The SMILES string of the molecule is CCOC(=O)C[C@@H](O)CC(OC)OC. The Bertz CT molecular complexity index is 155. The molecule has 0 radical (unpaired) electrons. The molecule has 0 heterocycles. The minimum absolute atomic E-state index is 0.0307. The van der Waals surface area contributed by atoms with Gasteiger partial charge in [0.25, 0.3) is 0 Å². The molecule has 1 N–H and O–H groups in total. The lowest BCUT2D eigenvalue weighted by Crippen LogP contribution is -2.24. The van der Waals surface area contributed by atoms with Crippen molar-refractivity contribution >= 4 is 5.97 Å². The van der Waals surface area contributed by atoms with Crippen LogP contribution in [-0.2, 0) is 19.0 Å². The Hall–Kier alpha value is -0.650. The fourth-order valence-corrected chi connectivity index (χ4v) is 1.01. The van der Waals surface area contributed by atoms with Crippen LogP contribution in [0.2, 0.25) is 0 Å². The summed E-state index contributed by atoms with van der Waals surface area (Å²) in [5.74, 6) is -0.411. The van der Waals surface area contributed by atoms with Gasteiger partial charge in [-0.3, -0.25) is 4.79 Å². The molecule has 0 rings (SSSR count). The first kappa shape index (κ1) is 13.4. The predicted molar refractivity (Wildman–Crippen MR) is 49.7 cm³/mol. The molecule has 0 saturated carbocycles. The van der Waals surface area contributed by atoms with Crippen molar-refractivity contribution in [3.05, 3.63) is 0 Å². The fraction of sp³-hybridized carbons (Fsp3) is 0.889. The molecule has 0 aromatic rings. The molecule has 0 saturated heterocycles. The number of ether oxygens (including phenoxy) is 3. The maximum atomic E-state index is 10.9. The van der Waals surface area contributed by atoms with Crippen LogP contribution in [0.4, 0.5) is 0 Å². The standard InChI is InChI=1S/C9H18O5/c1-4-14-8(11)5-7(10)6-9(12-2)13-3/h7,9-10H,4-6H2,1-3H3/t7-/m1/s1. The molecule has 0 aromatic heterocycles. The molecule has 5 nitrogen and oxygen atoms in total.